The van der Waals surface area contributed by atoms with Gasteiger partial charge in [0.2, 0.25) is 0 Å². The van der Waals surface area contributed by atoms with Crippen LogP contribution >= 0.6 is 15.9 Å². The largest absolute Gasteiger partial charge is 0.242 e. The summed E-state index contributed by atoms with van der Waals surface area (Å²) in [6.45, 7) is 10.0. The summed E-state index contributed by atoms with van der Waals surface area (Å²) >= 11 is 3.50. The third-order valence-corrected chi connectivity index (χ3v) is 6.90. The highest BCUT2D eigenvalue weighted by Gasteiger charge is 2.28. The third-order valence-electron chi connectivity index (χ3n) is 4.79. The summed E-state index contributed by atoms with van der Waals surface area (Å²) in [5, 5.41) is 2.37. The van der Waals surface area contributed by atoms with E-state index < -0.39 is 11.0 Å². The number of rotatable bonds is 6. The van der Waals surface area contributed by atoms with Gasteiger partial charge in [-0.2, -0.15) is 0 Å². The fraction of sp³-hybridized carbons (Fsp3) is 0.250. The quantitative estimate of drug-likeness (QED) is 0.413. The van der Waals surface area contributed by atoms with Crippen molar-refractivity contribution in [3.8, 4) is 0 Å². The Labute approximate surface area is 178 Å². The van der Waals surface area contributed by atoms with E-state index in [1.165, 1.54) is 10.8 Å². The van der Waals surface area contributed by atoms with E-state index in [2.05, 4.69) is 69.7 Å². The molecule has 2 nitrogen and oxygen atoms in total. The third kappa shape index (κ3) is 4.80. The zero-order chi connectivity index (χ0) is 20.3. The van der Waals surface area contributed by atoms with E-state index in [-0.39, 0.29) is 16.7 Å². The highest BCUT2D eigenvalue weighted by atomic mass is 79.9. The van der Waals surface area contributed by atoms with Gasteiger partial charge in [0, 0.05) is 10.4 Å². The van der Waals surface area contributed by atoms with Crippen molar-refractivity contribution in [3.05, 3.63) is 95.0 Å². The number of benzene rings is 3. The van der Waals surface area contributed by atoms with Gasteiger partial charge in [0.25, 0.3) is 0 Å². The van der Waals surface area contributed by atoms with Crippen molar-refractivity contribution >= 4 is 37.7 Å². The number of halogens is 1. The zero-order valence-corrected chi connectivity index (χ0v) is 18.9. The Morgan fingerprint density at radius 3 is 2.18 bits per heavy atom. The molecule has 0 bridgehead atoms. The van der Waals surface area contributed by atoms with Crippen LogP contribution in [0.2, 0.25) is 0 Å². The van der Waals surface area contributed by atoms with Gasteiger partial charge in [-0.3, -0.25) is 0 Å². The Morgan fingerprint density at radius 1 is 0.964 bits per heavy atom. The van der Waals surface area contributed by atoms with Crippen LogP contribution in [0.15, 0.2) is 83.9 Å². The van der Waals surface area contributed by atoms with E-state index in [1.54, 1.807) is 0 Å². The monoisotopic (exact) mass is 455 g/mol. The predicted octanol–water partition coefficient (Wildman–Crippen LogP) is 6.67. The van der Waals surface area contributed by atoms with Gasteiger partial charge in [-0.25, -0.2) is 8.93 Å². The summed E-state index contributed by atoms with van der Waals surface area (Å²) in [6.07, 6.45) is 1.94. The standard InChI is InChI=1S/C24H26BrNOS/c1-5-22(18-12-14-21(25)15-13-18)23(26-28(27)24(2,3)4)20-11-10-17-8-6-7-9-19(17)16-20/h5-16,22-23,26H,1H2,2-4H3/t22-,23+,28?/m1/s1. The first-order valence-electron chi connectivity index (χ1n) is 9.34. The molecule has 1 N–H and O–H groups in total. The molecule has 0 aromatic heterocycles. The van der Waals surface area contributed by atoms with Crippen molar-refractivity contribution in [1.29, 1.82) is 0 Å². The maximum absolute atomic E-state index is 13.0. The van der Waals surface area contributed by atoms with Crippen LogP contribution in [0, 0.1) is 0 Å². The van der Waals surface area contributed by atoms with Gasteiger partial charge in [0.1, 0.15) is 0 Å². The molecule has 0 saturated carbocycles. The minimum atomic E-state index is -1.21. The lowest BCUT2D eigenvalue weighted by molar-refractivity contribution is 0.566. The second-order valence-electron chi connectivity index (χ2n) is 7.90. The summed E-state index contributed by atoms with van der Waals surface area (Å²) in [6, 6.07) is 22.8. The van der Waals surface area contributed by atoms with Crippen molar-refractivity contribution in [2.75, 3.05) is 0 Å². The lowest BCUT2D eigenvalue weighted by Crippen LogP contribution is -2.37. The number of hydrogen-bond acceptors (Lipinski definition) is 1. The first kappa shape index (κ1) is 21.0. The van der Waals surface area contributed by atoms with Gasteiger partial charge in [-0.1, -0.05) is 70.5 Å². The molecule has 0 fully saturated rings. The van der Waals surface area contributed by atoms with Gasteiger partial charge < -0.3 is 0 Å². The van der Waals surface area contributed by atoms with Crippen LogP contribution in [-0.4, -0.2) is 8.96 Å². The van der Waals surface area contributed by atoms with Crippen LogP contribution in [0.25, 0.3) is 10.8 Å². The highest BCUT2D eigenvalue weighted by Crippen LogP contribution is 2.35. The van der Waals surface area contributed by atoms with E-state index in [4.69, 9.17) is 0 Å². The lowest BCUT2D eigenvalue weighted by atomic mass is 9.87. The zero-order valence-electron chi connectivity index (χ0n) is 16.5. The molecule has 0 aliphatic heterocycles. The van der Waals surface area contributed by atoms with Crippen LogP contribution < -0.4 is 4.72 Å². The normalized spacial score (nSPS) is 15.1. The van der Waals surface area contributed by atoms with Crippen LogP contribution in [0.3, 0.4) is 0 Å². The van der Waals surface area contributed by atoms with Crippen molar-refractivity contribution < 1.29 is 4.21 Å². The summed E-state index contributed by atoms with van der Waals surface area (Å²) in [5.74, 6) is -0.0134. The molecule has 0 spiro atoms. The topological polar surface area (TPSA) is 29.1 Å². The SMILES string of the molecule is C=C[C@H](c1ccc(Br)cc1)[C@@H](NS(=O)C(C)(C)C)c1ccc2ccccc2c1. The van der Waals surface area contributed by atoms with Crippen molar-refractivity contribution in [3.63, 3.8) is 0 Å². The summed E-state index contributed by atoms with van der Waals surface area (Å²) in [4.78, 5) is 0. The molecule has 0 heterocycles. The highest BCUT2D eigenvalue weighted by molar-refractivity contribution is 9.10. The molecule has 0 aliphatic carbocycles. The first-order valence-corrected chi connectivity index (χ1v) is 11.3. The molecular weight excluding hydrogens is 430 g/mol. The van der Waals surface area contributed by atoms with Crippen LogP contribution in [-0.2, 0) is 11.0 Å². The summed E-state index contributed by atoms with van der Waals surface area (Å²) in [7, 11) is -1.21. The van der Waals surface area contributed by atoms with Crippen molar-refractivity contribution in [1.82, 2.24) is 4.72 Å². The Hall–Kier alpha value is -1.75. The average molecular weight is 456 g/mol. The smallest absolute Gasteiger partial charge is 0.0976 e. The van der Waals surface area contributed by atoms with Gasteiger partial charge in [-0.15, -0.1) is 6.58 Å². The van der Waals surface area contributed by atoms with Gasteiger partial charge in [-0.05, 0) is 60.9 Å². The van der Waals surface area contributed by atoms with Crippen molar-refractivity contribution in [2.24, 2.45) is 0 Å². The van der Waals surface area contributed by atoms with E-state index in [9.17, 15) is 4.21 Å². The maximum Gasteiger partial charge on any atom is 0.0976 e. The molecule has 0 amide bonds. The molecule has 4 heteroatoms. The molecule has 146 valence electrons. The molecular formula is C24H26BrNOS. The van der Waals surface area contributed by atoms with Crippen molar-refractivity contribution in [2.45, 2.75) is 37.5 Å². The van der Waals surface area contributed by atoms with E-state index >= 15 is 0 Å². The number of nitrogens with one attached hydrogen (secondary N) is 1. The lowest BCUT2D eigenvalue weighted by Gasteiger charge is -2.30. The minimum Gasteiger partial charge on any atom is -0.242 e. The Bertz CT molecular complexity index is 991. The molecule has 3 atom stereocenters. The molecule has 0 aliphatic rings. The van der Waals surface area contributed by atoms with Gasteiger partial charge in [0.15, 0.2) is 0 Å². The van der Waals surface area contributed by atoms with E-state index in [0.717, 1.165) is 15.6 Å². The molecule has 0 saturated heterocycles. The Balaban J connectivity index is 2.07. The van der Waals surface area contributed by atoms with Gasteiger partial charge in [0.05, 0.1) is 21.8 Å². The molecule has 3 rings (SSSR count). The van der Waals surface area contributed by atoms with E-state index in [1.807, 2.05) is 51.1 Å². The molecule has 3 aromatic carbocycles. The van der Waals surface area contributed by atoms with Crippen LogP contribution in [0.5, 0.6) is 0 Å². The minimum absolute atomic E-state index is 0.0134. The fourth-order valence-corrected chi connectivity index (χ4v) is 4.32. The predicted molar refractivity (Wildman–Crippen MR) is 125 cm³/mol. The Morgan fingerprint density at radius 2 is 1.57 bits per heavy atom. The molecule has 0 radical (unpaired) electrons. The number of fused-ring (bicyclic) bond motifs is 1. The van der Waals surface area contributed by atoms with Crippen LogP contribution in [0.4, 0.5) is 0 Å². The fourth-order valence-electron chi connectivity index (χ4n) is 3.19. The summed E-state index contributed by atoms with van der Waals surface area (Å²) < 4.78 is 17.0. The summed E-state index contributed by atoms with van der Waals surface area (Å²) in [5.41, 5.74) is 2.24. The maximum atomic E-state index is 13.0. The Kier molecular flexibility index (Phi) is 6.54. The van der Waals surface area contributed by atoms with Gasteiger partial charge >= 0.3 is 0 Å². The average Bonchev–Trinajstić information content (AvgIpc) is 2.68. The first-order chi connectivity index (χ1) is 13.3. The second-order valence-corrected chi connectivity index (χ2v) is 10.8. The number of hydrogen-bond donors (Lipinski definition) is 1. The second kappa shape index (κ2) is 8.73. The molecule has 1 unspecified atom stereocenters. The molecule has 3 aromatic rings. The van der Waals surface area contributed by atoms with Crippen LogP contribution in [0.1, 0.15) is 43.9 Å². The van der Waals surface area contributed by atoms with E-state index in [0.29, 0.717) is 0 Å². The molecule has 28 heavy (non-hydrogen) atoms.